The molecule has 2 N–H and O–H groups in total. The lowest BCUT2D eigenvalue weighted by atomic mass is 9.67. The number of benzene rings is 2. The van der Waals surface area contributed by atoms with Crippen LogP contribution >= 0.6 is 0 Å². The van der Waals surface area contributed by atoms with E-state index in [9.17, 15) is 4.79 Å². The van der Waals surface area contributed by atoms with Crippen LogP contribution < -0.4 is 24.7 Å². The number of carbonyl (C=O) groups excluding carboxylic acids is 1. The molecule has 0 saturated heterocycles. The van der Waals surface area contributed by atoms with Crippen LogP contribution in [0.1, 0.15) is 34.7 Å². The SMILES string of the molecule is COc1ccc(C2CCC2C(=O)c2cc(OC)c(OC)c(OC)c2)cc1N. The highest BCUT2D eigenvalue weighted by atomic mass is 16.5. The molecule has 2 aromatic carbocycles. The summed E-state index contributed by atoms with van der Waals surface area (Å²) in [6, 6.07) is 9.15. The summed E-state index contributed by atoms with van der Waals surface area (Å²) < 4.78 is 21.3. The largest absolute Gasteiger partial charge is 0.495 e. The summed E-state index contributed by atoms with van der Waals surface area (Å²) in [6.45, 7) is 0. The first-order valence-electron chi connectivity index (χ1n) is 8.81. The number of carbonyl (C=O) groups is 1. The van der Waals surface area contributed by atoms with Crippen LogP contribution in [-0.4, -0.2) is 34.2 Å². The zero-order chi connectivity index (χ0) is 19.6. The molecule has 1 aliphatic rings. The number of Topliss-reactive ketones (excluding diaryl/α,β-unsaturated/α-hetero) is 1. The molecule has 0 amide bonds. The minimum absolute atomic E-state index is 0.0693. The minimum Gasteiger partial charge on any atom is -0.495 e. The molecule has 1 saturated carbocycles. The molecular formula is C21H25NO5. The second-order valence-electron chi connectivity index (χ2n) is 6.57. The Labute approximate surface area is 159 Å². The lowest BCUT2D eigenvalue weighted by Crippen LogP contribution is -2.31. The van der Waals surface area contributed by atoms with Gasteiger partial charge in [-0.15, -0.1) is 0 Å². The van der Waals surface area contributed by atoms with Crippen LogP contribution in [0.3, 0.4) is 0 Å². The smallest absolute Gasteiger partial charge is 0.203 e. The van der Waals surface area contributed by atoms with E-state index >= 15 is 0 Å². The van der Waals surface area contributed by atoms with Crippen LogP contribution in [0.15, 0.2) is 30.3 Å². The number of ketones is 1. The van der Waals surface area contributed by atoms with Gasteiger partial charge in [-0.2, -0.15) is 0 Å². The van der Waals surface area contributed by atoms with Crippen LogP contribution in [-0.2, 0) is 0 Å². The van der Waals surface area contributed by atoms with Crippen molar-refractivity contribution in [3.63, 3.8) is 0 Å². The molecule has 0 heterocycles. The first-order chi connectivity index (χ1) is 13.0. The maximum atomic E-state index is 13.1. The van der Waals surface area contributed by atoms with E-state index in [4.69, 9.17) is 24.7 Å². The molecule has 2 atom stereocenters. The highest BCUT2D eigenvalue weighted by Gasteiger charge is 2.38. The van der Waals surface area contributed by atoms with Crippen molar-refractivity contribution in [2.75, 3.05) is 34.2 Å². The molecule has 144 valence electrons. The van der Waals surface area contributed by atoms with Crippen molar-refractivity contribution in [1.29, 1.82) is 0 Å². The van der Waals surface area contributed by atoms with E-state index in [1.807, 2.05) is 18.2 Å². The number of ether oxygens (including phenoxy) is 4. The number of hydrogen-bond donors (Lipinski definition) is 1. The van der Waals surface area contributed by atoms with Crippen molar-refractivity contribution in [2.45, 2.75) is 18.8 Å². The predicted octanol–water partition coefficient (Wildman–Crippen LogP) is 3.68. The van der Waals surface area contributed by atoms with E-state index in [0.717, 1.165) is 18.4 Å². The molecular weight excluding hydrogens is 346 g/mol. The second-order valence-corrected chi connectivity index (χ2v) is 6.57. The molecule has 0 aromatic heterocycles. The van der Waals surface area contributed by atoms with E-state index < -0.39 is 0 Å². The quantitative estimate of drug-likeness (QED) is 0.591. The fourth-order valence-electron chi connectivity index (χ4n) is 3.63. The molecule has 1 fully saturated rings. The standard InChI is InChI=1S/C21H25NO5/c1-24-17-8-5-12(9-16(17)22)14-6-7-15(14)20(23)13-10-18(25-2)21(27-4)19(11-13)26-3/h5,8-11,14-15H,6-7,22H2,1-4H3. The topological polar surface area (TPSA) is 80.0 Å². The molecule has 0 spiro atoms. The number of nitrogen functional groups attached to an aromatic ring is 1. The second kappa shape index (κ2) is 7.78. The molecule has 6 nitrogen and oxygen atoms in total. The average molecular weight is 371 g/mol. The minimum atomic E-state index is -0.0967. The van der Waals surface area contributed by atoms with Gasteiger partial charge in [-0.3, -0.25) is 4.79 Å². The summed E-state index contributed by atoms with van der Waals surface area (Å²) in [6.07, 6.45) is 1.79. The van der Waals surface area contributed by atoms with Gasteiger partial charge in [0.1, 0.15) is 5.75 Å². The highest BCUT2D eigenvalue weighted by Crippen LogP contribution is 2.47. The molecule has 6 heteroatoms. The number of anilines is 1. The van der Waals surface area contributed by atoms with Gasteiger partial charge in [0.25, 0.3) is 0 Å². The Morgan fingerprint density at radius 1 is 0.889 bits per heavy atom. The lowest BCUT2D eigenvalue weighted by molar-refractivity contribution is 0.0818. The Morgan fingerprint density at radius 2 is 1.52 bits per heavy atom. The maximum absolute atomic E-state index is 13.1. The van der Waals surface area contributed by atoms with Gasteiger partial charge in [0, 0.05) is 11.5 Å². The Morgan fingerprint density at radius 3 is 1.96 bits per heavy atom. The third-order valence-electron chi connectivity index (χ3n) is 5.24. The lowest BCUT2D eigenvalue weighted by Gasteiger charge is -2.36. The Kier molecular flexibility index (Phi) is 5.44. The summed E-state index contributed by atoms with van der Waals surface area (Å²) in [4.78, 5) is 13.1. The van der Waals surface area contributed by atoms with E-state index in [1.54, 1.807) is 19.2 Å². The van der Waals surface area contributed by atoms with Gasteiger partial charge in [-0.1, -0.05) is 6.07 Å². The summed E-state index contributed by atoms with van der Waals surface area (Å²) >= 11 is 0. The first-order valence-corrected chi connectivity index (χ1v) is 8.81. The predicted molar refractivity (Wildman–Crippen MR) is 103 cm³/mol. The fraction of sp³-hybridized carbons (Fsp3) is 0.381. The third kappa shape index (κ3) is 3.39. The normalized spacial score (nSPS) is 18.4. The third-order valence-corrected chi connectivity index (χ3v) is 5.24. The van der Waals surface area contributed by atoms with E-state index in [0.29, 0.717) is 34.2 Å². The van der Waals surface area contributed by atoms with Crippen molar-refractivity contribution in [3.05, 3.63) is 41.5 Å². The van der Waals surface area contributed by atoms with Gasteiger partial charge in [-0.25, -0.2) is 0 Å². The number of methoxy groups -OCH3 is 4. The van der Waals surface area contributed by atoms with Gasteiger partial charge >= 0.3 is 0 Å². The Bertz CT molecular complexity index is 823. The van der Waals surface area contributed by atoms with Crippen LogP contribution in [0.5, 0.6) is 23.0 Å². The molecule has 0 aliphatic heterocycles. The maximum Gasteiger partial charge on any atom is 0.203 e. The van der Waals surface area contributed by atoms with Crippen molar-refractivity contribution >= 4 is 11.5 Å². The van der Waals surface area contributed by atoms with Gasteiger partial charge in [0.2, 0.25) is 5.75 Å². The summed E-state index contributed by atoms with van der Waals surface area (Å²) in [5, 5.41) is 0. The number of hydrogen-bond acceptors (Lipinski definition) is 6. The highest BCUT2D eigenvalue weighted by molar-refractivity contribution is 6.00. The molecule has 0 radical (unpaired) electrons. The zero-order valence-electron chi connectivity index (χ0n) is 16.1. The van der Waals surface area contributed by atoms with E-state index in [1.165, 1.54) is 21.3 Å². The summed E-state index contributed by atoms with van der Waals surface area (Å²) in [5.41, 5.74) is 8.23. The molecule has 3 rings (SSSR count). The number of rotatable bonds is 7. The Hall–Kier alpha value is -2.89. The van der Waals surface area contributed by atoms with Crippen molar-refractivity contribution in [2.24, 2.45) is 5.92 Å². The summed E-state index contributed by atoms with van der Waals surface area (Å²) in [7, 11) is 6.21. The van der Waals surface area contributed by atoms with Gasteiger partial charge < -0.3 is 24.7 Å². The Balaban J connectivity index is 1.89. The van der Waals surface area contributed by atoms with E-state index in [2.05, 4.69) is 0 Å². The number of nitrogens with two attached hydrogens (primary N) is 1. The van der Waals surface area contributed by atoms with Crippen LogP contribution in [0.25, 0.3) is 0 Å². The van der Waals surface area contributed by atoms with E-state index in [-0.39, 0.29) is 17.6 Å². The van der Waals surface area contributed by atoms with Crippen molar-refractivity contribution in [3.8, 4) is 23.0 Å². The monoisotopic (exact) mass is 371 g/mol. The van der Waals surface area contributed by atoms with Crippen molar-refractivity contribution in [1.82, 2.24) is 0 Å². The molecule has 2 unspecified atom stereocenters. The molecule has 1 aliphatic carbocycles. The van der Waals surface area contributed by atoms with Gasteiger partial charge in [0.15, 0.2) is 17.3 Å². The zero-order valence-corrected chi connectivity index (χ0v) is 16.1. The van der Waals surface area contributed by atoms with Crippen LogP contribution in [0.2, 0.25) is 0 Å². The van der Waals surface area contributed by atoms with Gasteiger partial charge in [-0.05, 0) is 48.6 Å². The summed E-state index contributed by atoms with van der Waals surface area (Å²) in [5.74, 6) is 2.19. The fourth-order valence-corrected chi connectivity index (χ4v) is 3.63. The average Bonchev–Trinajstić information content (AvgIpc) is 2.65. The molecule has 27 heavy (non-hydrogen) atoms. The van der Waals surface area contributed by atoms with Crippen LogP contribution in [0, 0.1) is 5.92 Å². The van der Waals surface area contributed by atoms with Crippen LogP contribution in [0.4, 0.5) is 5.69 Å². The first kappa shape index (κ1) is 18.9. The molecule has 0 bridgehead atoms. The van der Waals surface area contributed by atoms with Gasteiger partial charge in [0.05, 0.1) is 34.1 Å². The van der Waals surface area contributed by atoms with Crippen molar-refractivity contribution < 1.29 is 23.7 Å². The molecule has 2 aromatic rings.